The van der Waals surface area contributed by atoms with Crippen molar-refractivity contribution in [2.75, 3.05) is 17.6 Å². The van der Waals surface area contributed by atoms with Crippen molar-refractivity contribution in [1.82, 2.24) is 10.2 Å². The van der Waals surface area contributed by atoms with Crippen LogP contribution in [-0.2, 0) is 0 Å². The number of hydrogen-bond acceptors (Lipinski definition) is 3. The Hall–Kier alpha value is -1.97. The van der Waals surface area contributed by atoms with Gasteiger partial charge in [0.1, 0.15) is 0 Å². The number of aromatic nitrogens is 2. The first-order valence-corrected chi connectivity index (χ1v) is 6.97. The first-order chi connectivity index (χ1) is 9.33. The minimum Gasteiger partial charge on any atom is -0.397 e. The van der Waals surface area contributed by atoms with E-state index in [-0.39, 0.29) is 0 Å². The number of benzene rings is 1. The maximum atomic E-state index is 6.05. The van der Waals surface area contributed by atoms with Gasteiger partial charge < -0.3 is 11.1 Å². The highest BCUT2D eigenvalue weighted by Gasteiger charge is 2.05. The van der Waals surface area contributed by atoms with E-state index in [1.807, 2.05) is 12.1 Å². The summed E-state index contributed by atoms with van der Waals surface area (Å²) in [5.41, 5.74) is 10.4. The molecule has 1 heterocycles. The number of nitrogens with one attached hydrogen (secondary N) is 2. The van der Waals surface area contributed by atoms with Gasteiger partial charge in [-0.1, -0.05) is 11.6 Å². The van der Waals surface area contributed by atoms with Crippen molar-refractivity contribution in [3.05, 3.63) is 30.0 Å². The van der Waals surface area contributed by atoms with Crippen LogP contribution in [0.15, 0.2) is 30.0 Å². The fourth-order valence-corrected chi connectivity index (χ4v) is 2.65. The largest absolute Gasteiger partial charge is 0.397 e. The molecule has 19 heavy (non-hydrogen) atoms. The third-order valence-electron chi connectivity index (χ3n) is 3.76. The second-order valence-electron chi connectivity index (χ2n) is 5.18. The summed E-state index contributed by atoms with van der Waals surface area (Å²) in [5, 5.41) is 11.5. The van der Waals surface area contributed by atoms with E-state index in [1.54, 1.807) is 11.8 Å². The molecular formula is C15H20N4. The smallest absolute Gasteiger partial charge is 0.0672 e. The quantitative estimate of drug-likeness (QED) is 0.580. The standard InChI is InChI=1S/C15H20N4/c16-13-8-12-10-18-19-14(12)9-15(13)17-7-6-11-4-2-1-3-5-11/h4,8-10,17H,1-3,5-7,16H2,(H,18,19). The Balaban J connectivity index is 1.64. The summed E-state index contributed by atoms with van der Waals surface area (Å²) >= 11 is 0. The van der Waals surface area contributed by atoms with E-state index < -0.39 is 0 Å². The maximum Gasteiger partial charge on any atom is 0.0672 e. The summed E-state index contributed by atoms with van der Waals surface area (Å²) in [6.07, 6.45) is 10.5. The Morgan fingerprint density at radius 3 is 3.11 bits per heavy atom. The van der Waals surface area contributed by atoms with Crippen LogP contribution in [0.2, 0.25) is 0 Å². The summed E-state index contributed by atoms with van der Waals surface area (Å²) < 4.78 is 0. The van der Waals surface area contributed by atoms with Crippen LogP contribution in [0.25, 0.3) is 10.9 Å². The third-order valence-corrected chi connectivity index (χ3v) is 3.76. The number of allylic oxidation sites excluding steroid dienone is 1. The van der Waals surface area contributed by atoms with Crippen LogP contribution < -0.4 is 11.1 Å². The number of aromatic amines is 1. The van der Waals surface area contributed by atoms with Crippen molar-refractivity contribution in [3.8, 4) is 0 Å². The van der Waals surface area contributed by atoms with E-state index >= 15 is 0 Å². The number of nitrogen functional groups attached to an aromatic ring is 1. The van der Waals surface area contributed by atoms with E-state index in [0.717, 1.165) is 35.2 Å². The van der Waals surface area contributed by atoms with Crippen LogP contribution in [0.1, 0.15) is 32.1 Å². The average Bonchev–Trinajstić information content (AvgIpc) is 2.87. The van der Waals surface area contributed by atoms with Crippen LogP contribution in [0.4, 0.5) is 11.4 Å². The Labute approximate surface area is 113 Å². The lowest BCUT2D eigenvalue weighted by molar-refractivity contribution is 0.679. The van der Waals surface area contributed by atoms with Crippen LogP contribution in [0, 0.1) is 0 Å². The van der Waals surface area contributed by atoms with Gasteiger partial charge in [-0.25, -0.2) is 0 Å². The summed E-state index contributed by atoms with van der Waals surface area (Å²) in [6, 6.07) is 3.99. The number of nitrogens with two attached hydrogens (primary N) is 1. The first-order valence-electron chi connectivity index (χ1n) is 6.97. The first kappa shape index (κ1) is 12.1. The van der Waals surface area contributed by atoms with Gasteiger partial charge in [-0.05, 0) is 44.2 Å². The van der Waals surface area contributed by atoms with Crippen LogP contribution in [0.5, 0.6) is 0 Å². The van der Waals surface area contributed by atoms with Gasteiger partial charge in [0, 0.05) is 11.9 Å². The molecular weight excluding hydrogens is 236 g/mol. The van der Waals surface area contributed by atoms with Gasteiger partial charge in [-0.15, -0.1) is 0 Å². The van der Waals surface area contributed by atoms with Gasteiger partial charge in [0.2, 0.25) is 0 Å². The molecule has 4 N–H and O–H groups in total. The Kier molecular flexibility index (Phi) is 3.40. The molecule has 2 aromatic rings. The fourth-order valence-electron chi connectivity index (χ4n) is 2.65. The van der Waals surface area contributed by atoms with E-state index in [0.29, 0.717) is 0 Å². The molecule has 4 nitrogen and oxygen atoms in total. The van der Waals surface area contributed by atoms with Crippen molar-refractivity contribution in [1.29, 1.82) is 0 Å². The molecule has 0 fully saturated rings. The number of fused-ring (bicyclic) bond motifs is 1. The van der Waals surface area contributed by atoms with E-state index in [1.165, 1.54) is 25.7 Å². The molecule has 0 unspecified atom stereocenters. The summed E-state index contributed by atoms with van der Waals surface area (Å²) in [7, 11) is 0. The lowest BCUT2D eigenvalue weighted by atomic mass is 9.97. The van der Waals surface area contributed by atoms with Gasteiger partial charge in [0.15, 0.2) is 0 Å². The Morgan fingerprint density at radius 1 is 1.32 bits per heavy atom. The summed E-state index contributed by atoms with van der Waals surface area (Å²) in [5.74, 6) is 0. The Bertz CT molecular complexity index is 597. The zero-order valence-electron chi connectivity index (χ0n) is 11.1. The normalized spacial score (nSPS) is 15.5. The molecule has 3 rings (SSSR count). The molecule has 0 aliphatic heterocycles. The van der Waals surface area contributed by atoms with Crippen molar-refractivity contribution < 1.29 is 0 Å². The molecule has 1 aliphatic carbocycles. The van der Waals surface area contributed by atoms with Gasteiger partial charge in [-0.2, -0.15) is 5.10 Å². The molecule has 0 saturated carbocycles. The minimum atomic E-state index is 0.784. The molecule has 0 spiro atoms. The molecule has 0 radical (unpaired) electrons. The van der Waals surface area contributed by atoms with Crippen molar-refractivity contribution >= 4 is 22.3 Å². The number of rotatable bonds is 4. The van der Waals surface area contributed by atoms with Gasteiger partial charge >= 0.3 is 0 Å². The van der Waals surface area contributed by atoms with Crippen LogP contribution in [-0.4, -0.2) is 16.7 Å². The van der Waals surface area contributed by atoms with E-state index in [2.05, 4.69) is 21.6 Å². The zero-order valence-corrected chi connectivity index (χ0v) is 11.1. The van der Waals surface area contributed by atoms with Crippen molar-refractivity contribution in [2.24, 2.45) is 0 Å². The third kappa shape index (κ3) is 2.72. The minimum absolute atomic E-state index is 0.784. The maximum absolute atomic E-state index is 6.05. The molecule has 0 amide bonds. The molecule has 100 valence electrons. The molecule has 0 saturated heterocycles. The second-order valence-corrected chi connectivity index (χ2v) is 5.18. The van der Waals surface area contributed by atoms with Crippen molar-refractivity contribution in [3.63, 3.8) is 0 Å². The van der Waals surface area contributed by atoms with Crippen LogP contribution in [0.3, 0.4) is 0 Å². The second kappa shape index (κ2) is 5.34. The van der Waals surface area contributed by atoms with Gasteiger partial charge in [0.25, 0.3) is 0 Å². The highest BCUT2D eigenvalue weighted by atomic mass is 15.1. The molecule has 1 aliphatic rings. The lowest BCUT2D eigenvalue weighted by Crippen LogP contribution is -2.06. The topological polar surface area (TPSA) is 66.7 Å². The molecule has 1 aromatic heterocycles. The summed E-state index contributed by atoms with van der Waals surface area (Å²) in [6.45, 7) is 0.940. The zero-order chi connectivity index (χ0) is 13.1. The van der Waals surface area contributed by atoms with Gasteiger partial charge in [0.05, 0.1) is 23.1 Å². The average molecular weight is 256 g/mol. The van der Waals surface area contributed by atoms with Crippen LogP contribution >= 0.6 is 0 Å². The highest BCUT2D eigenvalue weighted by Crippen LogP contribution is 2.25. The molecule has 0 atom stereocenters. The monoisotopic (exact) mass is 256 g/mol. The van der Waals surface area contributed by atoms with E-state index in [4.69, 9.17) is 5.73 Å². The number of hydrogen-bond donors (Lipinski definition) is 3. The van der Waals surface area contributed by atoms with Crippen molar-refractivity contribution in [2.45, 2.75) is 32.1 Å². The Morgan fingerprint density at radius 2 is 2.26 bits per heavy atom. The lowest BCUT2D eigenvalue weighted by Gasteiger charge is -2.14. The SMILES string of the molecule is Nc1cc2cn[nH]c2cc1NCCC1=CCCCC1. The molecule has 4 heteroatoms. The number of H-pyrrole nitrogens is 1. The number of anilines is 2. The van der Waals surface area contributed by atoms with E-state index in [9.17, 15) is 0 Å². The predicted octanol–water partition coefficient (Wildman–Crippen LogP) is 3.45. The number of nitrogens with zero attached hydrogens (tertiary/aromatic N) is 1. The predicted molar refractivity (Wildman–Crippen MR) is 80.2 cm³/mol. The molecule has 0 bridgehead atoms. The highest BCUT2D eigenvalue weighted by molar-refractivity contribution is 5.88. The van der Waals surface area contributed by atoms with Gasteiger partial charge in [-0.3, -0.25) is 5.10 Å². The fraction of sp³-hybridized carbons (Fsp3) is 0.400. The molecule has 1 aromatic carbocycles. The summed E-state index contributed by atoms with van der Waals surface area (Å²) in [4.78, 5) is 0.